The topological polar surface area (TPSA) is 61.8 Å². The van der Waals surface area contributed by atoms with E-state index in [0.29, 0.717) is 30.6 Å². The van der Waals surface area contributed by atoms with Crippen LogP contribution in [-0.2, 0) is 4.79 Å². The second-order valence-electron chi connectivity index (χ2n) is 6.73. The number of aliphatic hydroxyl groups is 1. The molecule has 0 aliphatic rings. The number of nitrogens with one attached hydrogen (secondary N) is 1. The van der Waals surface area contributed by atoms with E-state index in [1.807, 2.05) is 31.1 Å². The van der Waals surface area contributed by atoms with Crippen molar-refractivity contribution in [2.75, 3.05) is 32.6 Å². The predicted octanol–water partition coefficient (Wildman–Crippen LogP) is 2.61. The van der Waals surface area contributed by atoms with E-state index in [2.05, 4.69) is 26.1 Å². The highest BCUT2D eigenvalue weighted by Gasteiger charge is 2.12. The maximum atomic E-state index is 11.9. The molecule has 2 unspecified atom stereocenters. The number of hydrogen-bond acceptors (Lipinski definition) is 4. The lowest BCUT2D eigenvalue weighted by Gasteiger charge is -2.17. The van der Waals surface area contributed by atoms with E-state index >= 15 is 0 Å². The summed E-state index contributed by atoms with van der Waals surface area (Å²) in [5.41, 5.74) is 0.757. The lowest BCUT2D eigenvalue weighted by atomic mass is 9.94. The van der Waals surface area contributed by atoms with Gasteiger partial charge in [0.05, 0.1) is 0 Å². The average molecular weight is 322 g/mol. The van der Waals surface area contributed by atoms with Gasteiger partial charge >= 0.3 is 0 Å². The van der Waals surface area contributed by atoms with Crippen molar-refractivity contribution in [1.82, 2.24) is 4.90 Å². The van der Waals surface area contributed by atoms with Crippen LogP contribution in [-0.4, -0.2) is 49.3 Å². The highest BCUT2D eigenvalue weighted by atomic mass is 16.5. The Morgan fingerprint density at radius 1 is 1.22 bits per heavy atom. The third kappa shape index (κ3) is 8.00. The number of amides is 1. The van der Waals surface area contributed by atoms with Gasteiger partial charge in [0, 0.05) is 18.7 Å². The molecule has 1 aromatic rings. The molecule has 1 aromatic carbocycles. The van der Waals surface area contributed by atoms with E-state index in [1.165, 1.54) is 0 Å². The van der Waals surface area contributed by atoms with Crippen LogP contribution in [0.4, 0.5) is 5.69 Å². The molecule has 0 aromatic heterocycles. The maximum Gasteiger partial charge on any atom is 0.224 e. The summed E-state index contributed by atoms with van der Waals surface area (Å²) >= 11 is 0. The molecule has 0 bridgehead atoms. The number of carbonyl (C=O) groups is 1. The minimum Gasteiger partial charge on any atom is -0.491 e. The van der Waals surface area contributed by atoms with Crippen molar-refractivity contribution in [2.45, 2.75) is 33.3 Å². The fourth-order valence-corrected chi connectivity index (χ4v) is 2.04. The number of nitrogens with zero attached hydrogens (tertiary/aromatic N) is 1. The maximum absolute atomic E-state index is 11.9. The number of benzene rings is 1. The van der Waals surface area contributed by atoms with Crippen LogP contribution >= 0.6 is 0 Å². The van der Waals surface area contributed by atoms with Crippen molar-refractivity contribution in [3.8, 4) is 5.75 Å². The summed E-state index contributed by atoms with van der Waals surface area (Å²) in [6, 6.07) is 7.21. The Morgan fingerprint density at radius 2 is 1.83 bits per heavy atom. The van der Waals surface area contributed by atoms with Crippen molar-refractivity contribution in [3.05, 3.63) is 24.3 Å². The second kappa shape index (κ2) is 9.53. The molecule has 0 aliphatic heterocycles. The molecule has 0 fully saturated rings. The molecule has 1 amide bonds. The summed E-state index contributed by atoms with van der Waals surface area (Å²) in [5, 5.41) is 12.7. The smallest absolute Gasteiger partial charge is 0.224 e. The molecule has 130 valence electrons. The van der Waals surface area contributed by atoms with Gasteiger partial charge in [0.2, 0.25) is 5.91 Å². The molecule has 0 saturated carbocycles. The van der Waals surface area contributed by atoms with E-state index in [-0.39, 0.29) is 12.5 Å². The van der Waals surface area contributed by atoms with Crippen LogP contribution in [0.1, 0.15) is 27.2 Å². The lowest BCUT2D eigenvalue weighted by Crippen LogP contribution is -2.30. The third-order valence-electron chi connectivity index (χ3n) is 3.80. The second-order valence-corrected chi connectivity index (χ2v) is 6.73. The third-order valence-corrected chi connectivity index (χ3v) is 3.80. The largest absolute Gasteiger partial charge is 0.491 e. The van der Waals surface area contributed by atoms with E-state index in [4.69, 9.17) is 4.74 Å². The molecule has 0 radical (unpaired) electrons. The molecular formula is C18H30N2O3. The van der Waals surface area contributed by atoms with Crippen molar-refractivity contribution in [3.63, 3.8) is 0 Å². The van der Waals surface area contributed by atoms with E-state index in [9.17, 15) is 9.90 Å². The Morgan fingerprint density at radius 3 is 2.35 bits per heavy atom. The molecule has 0 spiro atoms. The Bertz CT molecular complexity index is 472. The first-order valence-corrected chi connectivity index (χ1v) is 8.13. The molecular weight excluding hydrogens is 292 g/mol. The first-order valence-electron chi connectivity index (χ1n) is 8.13. The summed E-state index contributed by atoms with van der Waals surface area (Å²) in [6.07, 6.45) is -0.00554. The number of likely N-dealkylation sites (N-methyl/N-ethyl adjacent to an activating group) is 1. The zero-order chi connectivity index (χ0) is 17.4. The Labute approximate surface area is 139 Å². The number of aliphatic hydroxyl groups excluding tert-OH is 1. The van der Waals surface area contributed by atoms with Crippen molar-refractivity contribution >= 4 is 11.6 Å². The number of rotatable bonds is 9. The van der Waals surface area contributed by atoms with Crippen LogP contribution in [0.5, 0.6) is 5.75 Å². The first-order chi connectivity index (χ1) is 10.8. The zero-order valence-corrected chi connectivity index (χ0v) is 14.9. The van der Waals surface area contributed by atoms with Crippen molar-refractivity contribution in [2.24, 2.45) is 11.8 Å². The van der Waals surface area contributed by atoms with Gasteiger partial charge in [-0.25, -0.2) is 0 Å². The van der Waals surface area contributed by atoms with Crippen LogP contribution in [0, 0.1) is 11.8 Å². The molecule has 0 aliphatic carbocycles. The molecule has 1 rings (SSSR count). The zero-order valence-electron chi connectivity index (χ0n) is 14.9. The minimum absolute atomic E-state index is 0.0290. The van der Waals surface area contributed by atoms with E-state index in [0.717, 1.165) is 5.69 Å². The van der Waals surface area contributed by atoms with Gasteiger partial charge < -0.3 is 20.1 Å². The molecule has 23 heavy (non-hydrogen) atoms. The van der Waals surface area contributed by atoms with Crippen LogP contribution in [0.3, 0.4) is 0 Å². The summed E-state index contributed by atoms with van der Waals surface area (Å²) in [6.45, 7) is 7.13. The number of carbonyl (C=O) groups excluding carboxylic acids is 1. The monoisotopic (exact) mass is 322 g/mol. The van der Waals surface area contributed by atoms with Crippen LogP contribution < -0.4 is 10.1 Å². The fourth-order valence-electron chi connectivity index (χ4n) is 2.04. The van der Waals surface area contributed by atoms with Crippen LogP contribution in [0.25, 0.3) is 0 Å². The average Bonchev–Trinajstić information content (AvgIpc) is 2.45. The lowest BCUT2D eigenvalue weighted by molar-refractivity contribution is -0.117. The quantitative estimate of drug-likeness (QED) is 0.733. The number of ether oxygens (including phenoxy) is 1. The minimum atomic E-state index is -0.526. The van der Waals surface area contributed by atoms with Gasteiger partial charge in [0.1, 0.15) is 18.5 Å². The van der Waals surface area contributed by atoms with Gasteiger partial charge in [0.15, 0.2) is 0 Å². The van der Waals surface area contributed by atoms with E-state index < -0.39 is 6.10 Å². The predicted molar refractivity (Wildman–Crippen MR) is 93.7 cm³/mol. The molecule has 5 nitrogen and oxygen atoms in total. The molecule has 2 N–H and O–H groups in total. The number of anilines is 1. The normalized spacial score (nSPS) is 13.9. The van der Waals surface area contributed by atoms with Gasteiger partial charge in [0.25, 0.3) is 0 Å². The molecule has 2 atom stereocenters. The SMILES string of the molecule is CC(C)C(C)CC(=O)Nc1ccc(OCC(O)CN(C)C)cc1. The highest BCUT2D eigenvalue weighted by Crippen LogP contribution is 2.18. The first kappa shape index (κ1) is 19.5. The fraction of sp³-hybridized carbons (Fsp3) is 0.611. The summed E-state index contributed by atoms with van der Waals surface area (Å²) in [4.78, 5) is 13.9. The van der Waals surface area contributed by atoms with Crippen molar-refractivity contribution in [1.29, 1.82) is 0 Å². The molecule has 0 saturated heterocycles. The van der Waals surface area contributed by atoms with Crippen LogP contribution in [0.15, 0.2) is 24.3 Å². The Balaban J connectivity index is 2.42. The summed E-state index contributed by atoms with van der Waals surface area (Å²) in [5.74, 6) is 1.55. The Hall–Kier alpha value is -1.59. The van der Waals surface area contributed by atoms with Gasteiger partial charge in [-0.1, -0.05) is 20.8 Å². The number of hydrogen-bond donors (Lipinski definition) is 2. The van der Waals surface area contributed by atoms with Crippen molar-refractivity contribution < 1.29 is 14.6 Å². The Kier molecular flexibility index (Phi) is 8.06. The summed E-state index contributed by atoms with van der Waals surface area (Å²) < 4.78 is 5.54. The summed E-state index contributed by atoms with van der Waals surface area (Å²) in [7, 11) is 3.81. The van der Waals surface area contributed by atoms with Crippen LogP contribution in [0.2, 0.25) is 0 Å². The standard InChI is InChI=1S/C18H30N2O3/c1-13(2)14(3)10-18(22)19-15-6-8-17(9-7-15)23-12-16(21)11-20(4)5/h6-9,13-14,16,21H,10-12H2,1-5H3,(H,19,22). The highest BCUT2D eigenvalue weighted by molar-refractivity contribution is 5.90. The van der Waals surface area contributed by atoms with Gasteiger partial charge in [-0.3, -0.25) is 4.79 Å². The van der Waals surface area contributed by atoms with E-state index in [1.54, 1.807) is 12.1 Å². The molecule has 0 heterocycles. The van der Waals surface area contributed by atoms with Gasteiger partial charge in [-0.05, 0) is 50.2 Å². The van der Waals surface area contributed by atoms with Gasteiger partial charge in [-0.2, -0.15) is 0 Å². The van der Waals surface area contributed by atoms with Gasteiger partial charge in [-0.15, -0.1) is 0 Å². The molecule has 5 heteroatoms.